The van der Waals surface area contributed by atoms with Crippen LogP contribution in [0, 0.1) is 5.41 Å². The van der Waals surface area contributed by atoms with Crippen LogP contribution in [-0.4, -0.2) is 24.7 Å². The van der Waals surface area contributed by atoms with E-state index in [4.69, 9.17) is 0 Å². The van der Waals surface area contributed by atoms with Gasteiger partial charge in [-0.2, -0.15) is 0 Å². The first-order valence-electron chi connectivity index (χ1n) is 5.22. The highest BCUT2D eigenvalue weighted by molar-refractivity contribution is 9.10. The Balaban J connectivity index is 2.15. The number of carbonyl (C=O) groups is 1. The first-order valence-corrected chi connectivity index (χ1v) is 6.89. The van der Waals surface area contributed by atoms with Crippen molar-refractivity contribution in [1.82, 2.24) is 0 Å². The number of amides is 1. The molecule has 1 saturated carbocycles. The normalized spacial score (nSPS) is 17.9. The number of nitrogens with zero attached hydrogens (tertiary/aromatic N) is 1. The van der Waals surface area contributed by atoms with Gasteiger partial charge in [0.25, 0.3) is 0 Å². The predicted octanol–water partition coefficient (Wildman–Crippen LogP) is 2.64. The van der Waals surface area contributed by atoms with Crippen molar-refractivity contribution >= 4 is 38.2 Å². The van der Waals surface area contributed by atoms with Crippen molar-refractivity contribution in [3.05, 3.63) is 15.9 Å². The lowest BCUT2D eigenvalue weighted by atomic mass is 9.68. The number of anilines is 1. The maximum atomic E-state index is 12.2. The molecule has 1 aromatic heterocycles. The molecule has 0 aromatic carbocycles. The van der Waals surface area contributed by atoms with Crippen LogP contribution in [0.2, 0.25) is 0 Å². The molecule has 0 saturated heterocycles. The summed E-state index contributed by atoms with van der Waals surface area (Å²) in [5, 5.41) is 12.2. The van der Waals surface area contributed by atoms with Crippen molar-refractivity contribution in [2.75, 3.05) is 18.6 Å². The van der Waals surface area contributed by atoms with Crippen LogP contribution < -0.4 is 4.90 Å². The molecule has 1 amide bonds. The monoisotopic (exact) mass is 303 g/mol. The SMILES string of the molecule is CN(C(=O)C1(CO)CCC1)c1cc(Br)cs1. The minimum Gasteiger partial charge on any atom is -0.395 e. The topological polar surface area (TPSA) is 40.5 Å². The second-order valence-electron chi connectivity index (χ2n) is 4.26. The van der Waals surface area contributed by atoms with Crippen molar-refractivity contribution in [2.24, 2.45) is 5.41 Å². The first kappa shape index (κ1) is 12.1. The van der Waals surface area contributed by atoms with Gasteiger partial charge in [-0.3, -0.25) is 4.79 Å². The molecule has 1 N–H and O–H groups in total. The van der Waals surface area contributed by atoms with Crippen molar-refractivity contribution < 1.29 is 9.90 Å². The van der Waals surface area contributed by atoms with Crippen LogP contribution in [0.1, 0.15) is 19.3 Å². The third-order valence-electron chi connectivity index (χ3n) is 3.26. The van der Waals surface area contributed by atoms with Gasteiger partial charge in [-0.05, 0) is 34.8 Å². The molecule has 1 fully saturated rings. The number of carbonyl (C=O) groups excluding carboxylic acids is 1. The van der Waals surface area contributed by atoms with Crippen molar-refractivity contribution in [3.8, 4) is 0 Å². The number of aliphatic hydroxyl groups is 1. The molecule has 5 heteroatoms. The van der Waals surface area contributed by atoms with Crippen LogP contribution in [0.4, 0.5) is 5.00 Å². The molecule has 1 aliphatic rings. The Morgan fingerprint density at radius 2 is 2.38 bits per heavy atom. The highest BCUT2D eigenvalue weighted by Crippen LogP contribution is 2.43. The molecule has 0 aliphatic heterocycles. The van der Waals surface area contributed by atoms with E-state index in [9.17, 15) is 9.90 Å². The van der Waals surface area contributed by atoms with Gasteiger partial charge < -0.3 is 10.0 Å². The van der Waals surface area contributed by atoms with E-state index in [0.717, 1.165) is 28.7 Å². The molecule has 1 aliphatic carbocycles. The number of hydrogen-bond acceptors (Lipinski definition) is 3. The lowest BCUT2D eigenvalue weighted by molar-refractivity contribution is -0.136. The van der Waals surface area contributed by atoms with E-state index in [1.54, 1.807) is 11.9 Å². The third-order valence-corrected chi connectivity index (χ3v) is 5.02. The van der Waals surface area contributed by atoms with Crippen LogP contribution in [-0.2, 0) is 4.79 Å². The van der Waals surface area contributed by atoms with Crippen LogP contribution in [0.5, 0.6) is 0 Å². The van der Waals surface area contributed by atoms with Crippen LogP contribution in [0.3, 0.4) is 0 Å². The molecule has 0 atom stereocenters. The summed E-state index contributed by atoms with van der Waals surface area (Å²) >= 11 is 4.89. The summed E-state index contributed by atoms with van der Waals surface area (Å²) in [5.41, 5.74) is -0.509. The number of thiophene rings is 1. The van der Waals surface area contributed by atoms with Gasteiger partial charge in [-0.25, -0.2) is 0 Å². The minimum atomic E-state index is -0.509. The van der Waals surface area contributed by atoms with Crippen molar-refractivity contribution in [3.63, 3.8) is 0 Å². The maximum Gasteiger partial charge on any atom is 0.235 e. The average molecular weight is 304 g/mol. The average Bonchev–Trinajstić information content (AvgIpc) is 2.63. The zero-order valence-electron chi connectivity index (χ0n) is 9.07. The van der Waals surface area contributed by atoms with Gasteiger partial charge in [0.2, 0.25) is 5.91 Å². The molecular weight excluding hydrogens is 290 g/mol. The molecule has 2 rings (SSSR count). The summed E-state index contributed by atoms with van der Waals surface area (Å²) in [7, 11) is 1.77. The van der Waals surface area contributed by atoms with Gasteiger partial charge in [0, 0.05) is 16.9 Å². The zero-order valence-corrected chi connectivity index (χ0v) is 11.5. The van der Waals surface area contributed by atoms with Gasteiger partial charge in [-0.15, -0.1) is 11.3 Å². The van der Waals surface area contributed by atoms with E-state index in [2.05, 4.69) is 15.9 Å². The Morgan fingerprint density at radius 1 is 1.69 bits per heavy atom. The van der Waals surface area contributed by atoms with Gasteiger partial charge in [0.05, 0.1) is 17.0 Å². The predicted molar refractivity (Wildman–Crippen MR) is 68.8 cm³/mol. The van der Waals surface area contributed by atoms with Crippen LogP contribution in [0.25, 0.3) is 0 Å². The van der Waals surface area contributed by atoms with E-state index in [-0.39, 0.29) is 12.5 Å². The highest BCUT2D eigenvalue weighted by Gasteiger charge is 2.45. The van der Waals surface area contributed by atoms with Gasteiger partial charge in [-0.1, -0.05) is 6.42 Å². The quantitative estimate of drug-likeness (QED) is 0.932. The summed E-state index contributed by atoms with van der Waals surface area (Å²) in [6, 6.07) is 1.92. The van der Waals surface area contributed by atoms with E-state index in [0.29, 0.717) is 0 Å². The molecule has 3 nitrogen and oxygen atoms in total. The Kier molecular flexibility index (Phi) is 3.37. The smallest absolute Gasteiger partial charge is 0.235 e. The van der Waals surface area contributed by atoms with Crippen molar-refractivity contribution in [2.45, 2.75) is 19.3 Å². The van der Waals surface area contributed by atoms with E-state index < -0.39 is 5.41 Å². The van der Waals surface area contributed by atoms with E-state index >= 15 is 0 Å². The Labute approximate surface area is 107 Å². The molecule has 0 radical (unpaired) electrons. The Bertz CT molecular complexity index is 395. The summed E-state index contributed by atoms with van der Waals surface area (Å²) in [5.74, 6) is 0.0376. The summed E-state index contributed by atoms with van der Waals surface area (Å²) in [6.07, 6.45) is 2.65. The summed E-state index contributed by atoms with van der Waals surface area (Å²) in [4.78, 5) is 13.9. The Morgan fingerprint density at radius 3 is 2.75 bits per heavy atom. The fraction of sp³-hybridized carbons (Fsp3) is 0.545. The van der Waals surface area contributed by atoms with E-state index in [1.165, 1.54) is 11.3 Å². The largest absolute Gasteiger partial charge is 0.395 e. The zero-order chi connectivity index (χ0) is 11.8. The molecule has 16 heavy (non-hydrogen) atoms. The fourth-order valence-electron chi connectivity index (χ4n) is 1.98. The molecule has 0 bridgehead atoms. The van der Waals surface area contributed by atoms with Crippen LogP contribution >= 0.6 is 27.3 Å². The van der Waals surface area contributed by atoms with Gasteiger partial charge in [0.1, 0.15) is 0 Å². The number of rotatable bonds is 3. The molecule has 1 heterocycles. The van der Waals surface area contributed by atoms with Gasteiger partial charge >= 0.3 is 0 Å². The third kappa shape index (κ3) is 1.92. The second-order valence-corrected chi connectivity index (χ2v) is 6.06. The molecular formula is C11H14BrNO2S. The standard InChI is InChI=1S/C11H14BrNO2S/c1-13(9-5-8(12)6-16-9)10(15)11(7-14)3-2-4-11/h5-6,14H,2-4,7H2,1H3. The summed E-state index contributed by atoms with van der Waals surface area (Å²) in [6.45, 7) is -0.0390. The lowest BCUT2D eigenvalue weighted by Gasteiger charge is -2.40. The van der Waals surface area contributed by atoms with E-state index in [1.807, 2.05) is 11.4 Å². The number of aliphatic hydroxyl groups excluding tert-OH is 1. The van der Waals surface area contributed by atoms with Crippen LogP contribution in [0.15, 0.2) is 15.9 Å². The molecule has 0 unspecified atom stereocenters. The molecule has 0 spiro atoms. The molecule has 1 aromatic rings. The molecule has 88 valence electrons. The lowest BCUT2D eigenvalue weighted by Crippen LogP contribution is -2.48. The first-order chi connectivity index (χ1) is 7.59. The minimum absolute atomic E-state index is 0.0376. The highest BCUT2D eigenvalue weighted by atomic mass is 79.9. The van der Waals surface area contributed by atoms with Crippen molar-refractivity contribution in [1.29, 1.82) is 0 Å². The fourth-order valence-corrected chi connectivity index (χ4v) is 3.36. The maximum absolute atomic E-state index is 12.2. The van der Waals surface area contributed by atoms with Gasteiger partial charge in [0.15, 0.2) is 0 Å². The summed E-state index contributed by atoms with van der Waals surface area (Å²) < 4.78 is 0.985. The Hall–Kier alpha value is -0.390. The number of hydrogen-bond donors (Lipinski definition) is 1. The second kappa shape index (κ2) is 4.47. The number of halogens is 1.